The molecule has 0 radical (unpaired) electrons. The van der Waals surface area contributed by atoms with Gasteiger partial charge in [0.1, 0.15) is 11.8 Å². The molecule has 1 aliphatic rings. The first kappa shape index (κ1) is 33.2. The highest BCUT2D eigenvalue weighted by atomic mass is 16.5. The molecule has 0 heterocycles. The van der Waals surface area contributed by atoms with Gasteiger partial charge >= 0.3 is 0 Å². The molecule has 3 aromatic carbocycles. The van der Waals surface area contributed by atoms with Gasteiger partial charge in [0.05, 0.1) is 33.1 Å². The van der Waals surface area contributed by atoms with Crippen molar-refractivity contribution >= 4 is 17.5 Å². The Morgan fingerprint density at radius 1 is 1.00 bits per heavy atom. The fourth-order valence-electron chi connectivity index (χ4n) is 5.80. The maximum atomic E-state index is 13.8. The Kier molecular flexibility index (Phi) is 10.9. The van der Waals surface area contributed by atoms with Crippen molar-refractivity contribution in [3.63, 3.8) is 0 Å². The highest BCUT2D eigenvalue weighted by Crippen LogP contribution is 2.50. The molecule has 0 fully saturated rings. The average Bonchev–Trinajstić information content (AvgIpc) is 3.27. The van der Waals surface area contributed by atoms with E-state index >= 15 is 0 Å². The van der Waals surface area contributed by atoms with Gasteiger partial charge in [0, 0.05) is 19.0 Å². The van der Waals surface area contributed by atoms with E-state index in [1.807, 2.05) is 38.1 Å². The Morgan fingerprint density at radius 3 is 2.33 bits per heavy atom. The largest absolute Gasteiger partial charge is 0.508 e. The van der Waals surface area contributed by atoms with Gasteiger partial charge in [-0.3, -0.25) is 14.4 Å². The maximum absolute atomic E-state index is 13.8. The molecule has 4 rings (SSSR count). The van der Waals surface area contributed by atoms with Crippen LogP contribution in [0.5, 0.6) is 23.0 Å². The molecule has 1 aliphatic carbocycles. The summed E-state index contributed by atoms with van der Waals surface area (Å²) in [5.74, 6) is 1.10. The molecule has 10 nitrogen and oxygen atoms in total. The van der Waals surface area contributed by atoms with Crippen LogP contribution in [-0.2, 0) is 22.4 Å². The fourth-order valence-corrected chi connectivity index (χ4v) is 5.80. The van der Waals surface area contributed by atoms with Gasteiger partial charge in [0.2, 0.25) is 23.0 Å². The third-order valence-corrected chi connectivity index (χ3v) is 8.37. The van der Waals surface area contributed by atoms with Crippen LogP contribution in [0.2, 0.25) is 0 Å². The number of hydrogen-bond donors (Lipinski definition) is 4. The summed E-state index contributed by atoms with van der Waals surface area (Å²) in [6.45, 7) is 5.82. The van der Waals surface area contributed by atoms with Crippen molar-refractivity contribution < 1.29 is 28.9 Å². The van der Waals surface area contributed by atoms with Crippen molar-refractivity contribution in [1.29, 1.82) is 0 Å². The van der Waals surface area contributed by atoms with Gasteiger partial charge < -0.3 is 35.3 Å². The lowest BCUT2D eigenvalue weighted by Gasteiger charge is -2.24. The van der Waals surface area contributed by atoms with Crippen LogP contribution in [0.15, 0.2) is 53.3 Å². The summed E-state index contributed by atoms with van der Waals surface area (Å²) in [5.41, 5.74) is 3.98. The number of methoxy groups -OCH3 is 3. The summed E-state index contributed by atoms with van der Waals surface area (Å²) in [6.07, 6.45) is 2.45. The van der Waals surface area contributed by atoms with Gasteiger partial charge in [-0.05, 0) is 77.8 Å². The van der Waals surface area contributed by atoms with Crippen molar-refractivity contribution in [2.45, 2.75) is 58.5 Å². The van der Waals surface area contributed by atoms with Crippen LogP contribution in [0.1, 0.15) is 56.3 Å². The minimum atomic E-state index is -0.665. The molecule has 0 saturated carbocycles. The van der Waals surface area contributed by atoms with Crippen molar-refractivity contribution in [2.75, 3.05) is 33.2 Å². The summed E-state index contributed by atoms with van der Waals surface area (Å²) in [7, 11) is 4.66. The van der Waals surface area contributed by atoms with Crippen LogP contribution in [0.3, 0.4) is 0 Å². The number of rotatable bonds is 12. The maximum Gasteiger partial charge on any atom is 0.242 e. The number of carbonyl (C=O) groups is 2. The van der Waals surface area contributed by atoms with E-state index in [0.29, 0.717) is 60.6 Å². The molecule has 10 heteroatoms. The summed E-state index contributed by atoms with van der Waals surface area (Å²) in [5, 5.41) is 18.8. The lowest BCUT2D eigenvalue weighted by Crippen LogP contribution is -2.45. The third-order valence-electron chi connectivity index (χ3n) is 8.37. The number of aromatic hydroxyl groups is 1. The summed E-state index contributed by atoms with van der Waals surface area (Å²) >= 11 is 0. The first-order valence-corrected chi connectivity index (χ1v) is 15.2. The normalized spacial score (nSPS) is 14.9. The highest BCUT2D eigenvalue weighted by molar-refractivity contribution is 5.86. The van der Waals surface area contributed by atoms with E-state index in [1.54, 1.807) is 38.5 Å². The zero-order valence-corrected chi connectivity index (χ0v) is 26.8. The molecular weight excluding hydrogens is 574 g/mol. The Hall–Kier alpha value is -4.73. The van der Waals surface area contributed by atoms with Crippen LogP contribution in [0, 0.1) is 5.92 Å². The SMILES string of the molecule is CCC(C)C(Nc1ccc2c(cc1=O)C(NC(C)=O)CCc1cc(OC)c(OC)c(OC)c1-2)C(=O)NCCc1ccc(O)cc1. The second-order valence-electron chi connectivity index (χ2n) is 11.3. The van der Waals surface area contributed by atoms with Crippen LogP contribution in [0.4, 0.5) is 5.69 Å². The molecule has 3 aromatic rings. The highest BCUT2D eigenvalue weighted by Gasteiger charge is 2.30. The number of amides is 2. The lowest BCUT2D eigenvalue weighted by atomic mass is 9.95. The van der Waals surface area contributed by atoms with Crippen LogP contribution in [0.25, 0.3) is 11.1 Å². The second-order valence-corrected chi connectivity index (χ2v) is 11.3. The standard InChI is InChI=1S/C35H43N3O7/c1-7-20(2)32(35(42)36-17-16-22-8-11-24(40)12-9-22)38-28-15-13-25-26(19-29(28)41)27(37-21(3)39)14-10-23-18-30(43-4)33(44-5)34(45-6)31(23)25/h8-9,11-13,15,18-20,27,32,40H,7,10,14,16-17H2,1-6H3,(H,36,42)(H,37,39)(H,38,41). The molecule has 45 heavy (non-hydrogen) atoms. The quantitative estimate of drug-likeness (QED) is 0.229. The fraction of sp³-hybridized carbons (Fsp3) is 0.400. The minimum Gasteiger partial charge on any atom is -0.508 e. The number of ether oxygens (including phenoxy) is 3. The molecule has 0 aliphatic heterocycles. The summed E-state index contributed by atoms with van der Waals surface area (Å²) in [6, 6.07) is 12.7. The average molecular weight is 618 g/mol. The molecule has 0 aromatic heterocycles. The zero-order valence-electron chi connectivity index (χ0n) is 26.8. The molecule has 3 atom stereocenters. The van der Waals surface area contributed by atoms with Crippen molar-refractivity contribution in [2.24, 2.45) is 5.92 Å². The van der Waals surface area contributed by atoms with E-state index in [-0.39, 0.29) is 34.6 Å². The smallest absolute Gasteiger partial charge is 0.242 e. The molecule has 3 unspecified atom stereocenters. The number of aryl methyl sites for hydroxylation is 1. The predicted octanol–water partition coefficient (Wildman–Crippen LogP) is 4.75. The van der Waals surface area contributed by atoms with E-state index in [9.17, 15) is 19.5 Å². The molecule has 0 spiro atoms. The number of phenols is 1. The molecular formula is C35H43N3O7. The van der Waals surface area contributed by atoms with Crippen LogP contribution < -0.4 is 35.6 Å². The Morgan fingerprint density at radius 2 is 1.71 bits per heavy atom. The van der Waals surface area contributed by atoms with Gasteiger partial charge in [-0.25, -0.2) is 0 Å². The van der Waals surface area contributed by atoms with Gasteiger partial charge in [-0.2, -0.15) is 0 Å². The third kappa shape index (κ3) is 7.50. The summed E-state index contributed by atoms with van der Waals surface area (Å²) < 4.78 is 17.1. The topological polar surface area (TPSA) is 135 Å². The van der Waals surface area contributed by atoms with Gasteiger partial charge in [-0.1, -0.05) is 38.5 Å². The van der Waals surface area contributed by atoms with E-state index in [1.165, 1.54) is 14.0 Å². The van der Waals surface area contributed by atoms with E-state index in [2.05, 4.69) is 16.0 Å². The number of benzene rings is 2. The first-order chi connectivity index (χ1) is 21.6. The monoisotopic (exact) mass is 617 g/mol. The number of nitrogens with one attached hydrogen (secondary N) is 3. The Labute approximate surface area is 264 Å². The van der Waals surface area contributed by atoms with Crippen LogP contribution in [-0.4, -0.2) is 50.8 Å². The molecule has 2 amide bonds. The lowest BCUT2D eigenvalue weighted by molar-refractivity contribution is -0.123. The van der Waals surface area contributed by atoms with E-state index in [4.69, 9.17) is 14.2 Å². The van der Waals surface area contributed by atoms with E-state index < -0.39 is 12.1 Å². The Balaban J connectivity index is 1.75. The molecule has 4 N–H and O–H groups in total. The number of phenolic OH excluding ortho intramolecular Hbond substituents is 1. The first-order valence-electron chi connectivity index (χ1n) is 15.2. The van der Waals surface area contributed by atoms with Crippen LogP contribution >= 0.6 is 0 Å². The number of carbonyl (C=O) groups excluding carboxylic acids is 2. The molecule has 0 bridgehead atoms. The number of anilines is 1. The van der Waals surface area contributed by atoms with Crippen molar-refractivity contribution in [3.05, 3.63) is 75.4 Å². The Bertz CT molecular complexity index is 1590. The predicted molar refractivity (Wildman–Crippen MR) is 174 cm³/mol. The molecule has 0 saturated heterocycles. The number of hydrogen-bond acceptors (Lipinski definition) is 8. The number of fused-ring (bicyclic) bond motifs is 3. The van der Waals surface area contributed by atoms with Gasteiger partial charge in [0.15, 0.2) is 11.5 Å². The van der Waals surface area contributed by atoms with E-state index in [0.717, 1.165) is 16.7 Å². The zero-order chi connectivity index (χ0) is 32.7. The molecule has 240 valence electrons. The second kappa shape index (κ2) is 14.8. The van der Waals surface area contributed by atoms with Crippen molar-refractivity contribution in [1.82, 2.24) is 10.6 Å². The summed E-state index contributed by atoms with van der Waals surface area (Å²) in [4.78, 5) is 39.5. The van der Waals surface area contributed by atoms with Gasteiger partial charge in [0.25, 0.3) is 0 Å². The van der Waals surface area contributed by atoms with Gasteiger partial charge in [-0.15, -0.1) is 0 Å². The van der Waals surface area contributed by atoms with Crippen molar-refractivity contribution in [3.8, 4) is 34.1 Å². The minimum absolute atomic E-state index is 0.0777.